The van der Waals surface area contributed by atoms with Crippen LogP contribution in [0.3, 0.4) is 0 Å². The molecule has 2 aromatic heterocycles. The SMILES string of the molecule is Cc1nn(CCO)cc1-c1nc2cc3c(cc2[nH]1)C(=O)N(C1CCN(C)CC1)C3=O. The van der Waals surface area contributed by atoms with E-state index in [-0.39, 0.29) is 24.5 Å². The lowest BCUT2D eigenvalue weighted by molar-refractivity contribution is 0.0516. The minimum Gasteiger partial charge on any atom is -0.394 e. The standard InChI is InChI=1S/C21H24N6O3/c1-12-16(11-26(24-12)7-8-28)19-22-17-9-14-15(10-18(17)23-19)21(30)27(20(14)29)13-3-5-25(2)6-4-13/h9-11,13,28H,3-8H2,1-2H3,(H,22,23). The number of fused-ring (bicyclic) bond motifs is 2. The molecule has 9 heteroatoms. The van der Waals surface area contributed by atoms with Crippen molar-refractivity contribution in [2.45, 2.75) is 32.4 Å². The Morgan fingerprint density at radius 2 is 1.83 bits per heavy atom. The Morgan fingerprint density at radius 1 is 1.13 bits per heavy atom. The van der Waals surface area contributed by atoms with Crippen LogP contribution in [0, 0.1) is 6.92 Å². The first-order chi connectivity index (χ1) is 14.5. The van der Waals surface area contributed by atoms with Gasteiger partial charge < -0.3 is 15.0 Å². The van der Waals surface area contributed by atoms with Crippen LogP contribution in [0.4, 0.5) is 0 Å². The van der Waals surface area contributed by atoms with Crippen molar-refractivity contribution in [2.24, 2.45) is 0 Å². The van der Waals surface area contributed by atoms with E-state index in [0.717, 1.165) is 37.2 Å². The van der Waals surface area contributed by atoms with Crippen LogP contribution in [0.2, 0.25) is 0 Å². The molecule has 9 nitrogen and oxygen atoms in total. The van der Waals surface area contributed by atoms with Gasteiger partial charge in [0.25, 0.3) is 11.8 Å². The van der Waals surface area contributed by atoms with Gasteiger partial charge in [-0.25, -0.2) is 4.98 Å². The zero-order valence-corrected chi connectivity index (χ0v) is 17.1. The van der Waals surface area contributed by atoms with Crippen molar-refractivity contribution >= 4 is 22.8 Å². The zero-order chi connectivity index (χ0) is 21.0. The Labute approximate surface area is 173 Å². The fourth-order valence-electron chi connectivity index (χ4n) is 4.44. The van der Waals surface area contributed by atoms with E-state index in [9.17, 15) is 9.59 Å². The van der Waals surface area contributed by atoms with Gasteiger partial charge in [-0.15, -0.1) is 0 Å². The Morgan fingerprint density at radius 3 is 2.53 bits per heavy atom. The predicted octanol–water partition coefficient (Wildman–Crippen LogP) is 1.42. The molecule has 0 unspecified atom stereocenters. The van der Waals surface area contributed by atoms with Crippen molar-refractivity contribution in [3.05, 3.63) is 35.2 Å². The minimum absolute atomic E-state index is 0.00537. The number of amides is 2. The third kappa shape index (κ3) is 2.93. The predicted molar refractivity (Wildman–Crippen MR) is 110 cm³/mol. The summed E-state index contributed by atoms with van der Waals surface area (Å²) in [6.07, 6.45) is 3.44. The summed E-state index contributed by atoms with van der Waals surface area (Å²) >= 11 is 0. The molecule has 3 aromatic rings. The number of aliphatic hydroxyl groups excluding tert-OH is 1. The first-order valence-corrected chi connectivity index (χ1v) is 10.2. The molecule has 4 heterocycles. The number of nitrogens with zero attached hydrogens (tertiary/aromatic N) is 5. The van der Waals surface area contributed by atoms with E-state index in [1.54, 1.807) is 16.8 Å². The fourth-order valence-corrected chi connectivity index (χ4v) is 4.44. The summed E-state index contributed by atoms with van der Waals surface area (Å²) in [7, 11) is 2.06. The molecule has 0 saturated carbocycles. The second-order valence-electron chi connectivity index (χ2n) is 8.13. The highest BCUT2D eigenvalue weighted by atomic mass is 16.3. The number of rotatable bonds is 4. The van der Waals surface area contributed by atoms with Crippen LogP contribution in [-0.4, -0.2) is 79.3 Å². The number of piperidine rings is 1. The molecule has 0 bridgehead atoms. The van der Waals surface area contributed by atoms with Gasteiger partial charge in [0.15, 0.2) is 0 Å². The molecule has 0 radical (unpaired) electrons. The maximum atomic E-state index is 13.1. The Kier molecular flexibility index (Phi) is 4.44. The molecule has 1 saturated heterocycles. The highest BCUT2D eigenvalue weighted by Crippen LogP contribution is 2.32. The third-order valence-electron chi connectivity index (χ3n) is 6.10. The summed E-state index contributed by atoms with van der Waals surface area (Å²) in [6, 6.07) is 3.41. The van der Waals surface area contributed by atoms with Crippen molar-refractivity contribution in [1.82, 2.24) is 29.5 Å². The number of nitrogens with one attached hydrogen (secondary N) is 1. The van der Waals surface area contributed by atoms with Crippen LogP contribution in [0.5, 0.6) is 0 Å². The lowest BCUT2D eigenvalue weighted by atomic mass is 10.0. The van der Waals surface area contributed by atoms with Crippen molar-refractivity contribution in [1.29, 1.82) is 0 Å². The van der Waals surface area contributed by atoms with E-state index in [4.69, 9.17) is 5.11 Å². The number of imide groups is 1. The van der Waals surface area contributed by atoms with Gasteiger partial charge in [0.2, 0.25) is 0 Å². The smallest absolute Gasteiger partial charge is 0.261 e. The number of benzene rings is 1. The first kappa shape index (κ1) is 19.0. The maximum absolute atomic E-state index is 13.1. The molecule has 2 aliphatic rings. The number of carbonyl (C=O) groups is 2. The molecule has 2 aliphatic heterocycles. The monoisotopic (exact) mass is 408 g/mol. The normalized spacial score (nSPS) is 18.0. The molecule has 156 valence electrons. The average Bonchev–Trinajstić information content (AvgIpc) is 3.36. The summed E-state index contributed by atoms with van der Waals surface area (Å²) in [5.41, 5.74) is 3.83. The van der Waals surface area contributed by atoms with Gasteiger partial charge in [0, 0.05) is 12.2 Å². The van der Waals surface area contributed by atoms with Gasteiger partial charge >= 0.3 is 0 Å². The maximum Gasteiger partial charge on any atom is 0.261 e. The molecule has 30 heavy (non-hydrogen) atoms. The minimum atomic E-state index is -0.219. The van der Waals surface area contributed by atoms with E-state index in [2.05, 4.69) is 27.0 Å². The number of H-pyrrole nitrogens is 1. The number of likely N-dealkylation sites (tertiary alicyclic amines) is 1. The number of aromatic nitrogens is 4. The number of carbonyl (C=O) groups excluding carboxylic acids is 2. The lowest BCUT2D eigenvalue weighted by Crippen LogP contribution is -2.46. The number of aliphatic hydroxyl groups is 1. The van der Waals surface area contributed by atoms with Gasteiger partial charge in [-0.1, -0.05) is 0 Å². The summed E-state index contributed by atoms with van der Waals surface area (Å²) in [5.74, 6) is 0.194. The second-order valence-corrected chi connectivity index (χ2v) is 8.13. The molecule has 5 rings (SSSR count). The van der Waals surface area contributed by atoms with E-state index in [1.165, 1.54) is 4.90 Å². The number of aryl methyl sites for hydroxylation is 1. The van der Waals surface area contributed by atoms with E-state index in [1.807, 2.05) is 13.1 Å². The quantitative estimate of drug-likeness (QED) is 0.632. The number of imidazole rings is 1. The van der Waals surface area contributed by atoms with E-state index >= 15 is 0 Å². The highest BCUT2D eigenvalue weighted by molar-refractivity contribution is 6.23. The molecule has 2 N–H and O–H groups in total. The molecule has 1 fully saturated rings. The van der Waals surface area contributed by atoms with Crippen LogP contribution >= 0.6 is 0 Å². The average molecular weight is 408 g/mol. The van der Waals surface area contributed by atoms with Gasteiger partial charge in [-0.05, 0) is 52.0 Å². The van der Waals surface area contributed by atoms with E-state index in [0.29, 0.717) is 34.5 Å². The Balaban J connectivity index is 1.49. The van der Waals surface area contributed by atoms with Gasteiger partial charge in [0.05, 0.1) is 46.6 Å². The fraction of sp³-hybridized carbons (Fsp3) is 0.429. The van der Waals surface area contributed by atoms with Crippen molar-refractivity contribution < 1.29 is 14.7 Å². The molecular formula is C21H24N6O3. The molecule has 2 amide bonds. The topological polar surface area (TPSA) is 107 Å². The molecule has 1 aromatic carbocycles. The Bertz CT molecular complexity index is 1100. The zero-order valence-electron chi connectivity index (χ0n) is 17.1. The highest BCUT2D eigenvalue weighted by Gasteiger charge is 2.41. The van der Waals surface area contributed by atoms with Gasteiger partial charge in [-0.3, -0.25) is 19.2 Å². The largest absolute Gasteiger partial charge is 0.394 e. The van der Waals surface area contributed by atoms with E-state index < -0.39 is 0 Å². The molecular weight excluding hydrogens is 384 g/mol. The molecule has 0 atom stereocenters. The van der Waals surface area contributed by atoms with Crippen LogP contribution in [0.15, 0.2) is 18.3 Å². The van der Waals surface area contributed by atoms with Crippen LogP contribution in [-0.2, 0) is 6.54 Å². The number of aromatic amines is 1. The van der Waals surface area contributed by atoms with Gasteiger partial charge in [-0.2, -0.15) is 5.10 Å². The molecule has 0 spiro atoms. The van der Waals surface area contributed by atoms with Crippen LogP contribution < -0.4 is 0 Å². The van der Waals surface area contributed by atoms with Crippen LogP contribution in [0.1, 0.15) is 39.3 Å². The summed E-state index contributed by atoms with van der Waals surface area (Å²) < 4.78 is 1.67. The molecule has 0 aliphatic carbocycles. The summed E-state index contributed by atoms with van der Waals surface area (Å²) in [4.78, 5) is 37.7. The lowest BCUT2D eigenvalue weighted by Gasteiger charge is -2.33. The third-order valence-corrected chi connectivity index (χ3v) is 6.10. The summed E-state index contributed by atoms with van der Waals surface area (Å²) in [6.45, 7) is 4.06. The van der Waals surface area contributed by atoms with Crippen molar-refractivity contribution in [3.63, 3.8) is 0 Å². The first-order valence-electron chi connectivity index (χ1n) is 10.2. The van der Waals surface area contributed by atoms with Crippen molar-refractivity contribution in [2.75, 3.05) is 26.7 Å². The van der Waals surface area contributed by atoms with Crippen LogP contribution in [0.25, 0.3) is 22.4 Å². The second kappa shape index (κ2) is 7.03. The summed E-state index contributed by atoms with van der Waals surface area (Å²) in [5, 5.41) is 13.5. The number of hydrogen-bond acceptors (Lipinski definition) is 6. The van der Waals surface area contributed by atoms with Gasteiger partial charge in [0.1, 0.15) is 5.82 Å². The van der Waals surface area contributed by atoms with Crippen molar-refractivity contribution in [3.8, 4) is 11.4 Å². The number of hydrogen-bond donors (Lipinski definition) is 2. The Hall–Kier alpha value is -3.04.